The smallest absolute Gasteiger partial charge is 0.286 e. The van der Waals surface area contributed by atoms with Crippen molar-refractivity contribution in [1.82, 2.24) is 0 Å². The zero-order chi connectivity index (χ0) is 7.11. The molecule has 0 aliphatic rings. The van der Waals surface area contributed by atoms with E-state index in [9.17, 15) is 0 Å². The van der Waals surface area contributed by atoms with E-state index in [-0.39, 0.29) is 6.10 Å². The average molecular weight is 129 g/mol. The van der Waals surface area contributed by atoms with E-state index >= 15 is 0 Å². The van der Waals surface area contributed by atoms with Gasteiger partial charge in [0.05, 0.1) is 12.7 Å². The fourth-order valence-corrected chi connectivity index (χ4v) is 0.371. The van der Waals surface area contributed by atoms with Crippen LogP contribution in [-0.2, 0) is 9.47 Å². The maximum atomic E-state index is 7.90. The van der Waals surface area contributed by atoms with Crippen LogP contribution >= 0.6 is 0 Å². The van der Waals surface area contributed by atoms with Gasteiger partial charge in [0, 0.05) is 0 Å². The van der Waals surface area contributed by atoms with E-state index in [4.69, 9.17) is 10.00 Å². The molecule has 0 rings (SSSR count). The first-order chi connectivity index (χ1) is 4.27. The highest BCUT2D eigenvalue weighted by molar-refractivity contribution is 4.46. The second-order valence-corrected chi connectivity index (χ2v) is 1.86. The molecule has 0 aliphatic carbocycles. The lowest BCUT2D eigenvalue weighted by Crippen LogP contribution is -2.07. The predicted molar refractivity (Wildman–Crippen MR) is 32.7 cm³/mol. The number of nitriles is 1. The highest BCUT2D eigenvalue weighted by atomic mass is 16.5. The Morgan fingerprint density at radius 3 is 2.56 bits per heavy atom. The van der Waals surface area contributed by atoms with Gasteiger partial charge in [-0.15, -0.1) is 0 Å². The normalized spacial score (nSPS) is 9.11. The molecule has 0 amide bonds. The summed E-state index contributed by atoms with van der Waals surface area (Å²) in [6.45, 7) is 4.72. The Bertz CT molecular complexity index is 95.7. The molecule has 0 aromatic heterocycles. The van der Waals surface area contributed by atoms with Crippen molar-refractivity contribution in [3.63, 3.8) is 0 Å². The molecule has 9 heavy (non-hydrogen) atoms. The minimum absolute atomic E-state index is 0.215. The third-order valence-corrected chi connectivity index (χ3v) is 0.701. The Balaban J connectivity index is 2.85. The maximum absolute atomic E-state index is 7.90. The quantitative estimate of drug-likeness (QED) is 0.418. The summed E-state index contributed by atoms with van der Waals surface area (Å²) in [6, 6.07) is 0. The van der Waals surface area contributed by atoms with Crippen LogP contribution in [0.25, 0.3) is 0 Å². The van der Waals surface area contributed by atoms with Crippen LogP contribution in [0.2, 0.25) is 0 Å². The molecule has 0 fully saturated rings. The second-order valence-electron chi connectivity index (χ2n) is 1.86. The lowest BCUT2D eigenvalue weighted by Gasteiger charge is -2.04. The topological polar surface area (TPSA) is 42.2 Å². The molecular formula is C6H11NO2. The summed E-state index contributed by atoms with van der Waals surface area (Å²) >= 11 is 0. The lowest BCUT2D eigenvalue weighted by molar-refractivity contribution is 0.0480. The maximum Gasteiger partial charge on any atom is 0.286 e. The number of rotatable bonds is 4. The summed E-state index contributed by atoms with van der Waals surface area (Å²) in [5.41, 5.74) is 0. The molecule has 52 valence electrons. The van der Waals surface area contributed by atoms with Crippen molar-refractivity contribution in [3.05, 3.63) is 0 Å². The third-order valence-electron chi connectivity index (χ3n) is 0.701. The van der Waals surface area contributed by atoms with Crippen molar-refractivity contribution >= 4 is 0 Å². The molecule has 0 saturated carbocycles. The van der Waals surface area contributed by atoms with Gasteiger partial charge in [0.15, 0.2) is 0 Å². The molecule has 0 spiro atoms. The fraction of sp³-hybridized carbons (Fsp3) is 0.833. The van der Waals surface area contributed by atoms with E-state index in [2.05, 4.69) is 4.74 Å². The Hall–Kier alpha value is -0.750. The number of hydrogen-bond donors (Lipinski definition) is 0. The SMILES string of the molecule is CC(C)OCCOC#N. The Morgan fingerprint density at radius 1 is 1.44 bits per heavy atom. The first kappa shape index (κ1) is 8.25. The van der Waals surface area contributed by atoms with Crippen LogP contribution < -0.4 is 0 Å². The van der Waals surface area contributed by atoms with Gasteiger partial charge in [-0.05, 0) is 13.8 Å². The molecular weight excluding hydrogens is 118 g/mol. The molecule has 0 aliphatic heterocycles. The molecule has 3 nitrogen and oxygen atoms in total. The average Bonchev–Trinajstić information content (AvgIpc) is 1.80. The second kappa shape index (κ2) is 5.39. The summed E-state index contributed by atoms with van der Waals surface area (Å²) in [5, 5.41) is 7.90. The molecule has 0 N–H and O–H groups in total. The van der Waals surface area contributed by atoms with Gasteiger partial charge in [-0.1, -0.05) is 0 Å². The van der Waals surface area contributed by atoms with Crippen molar-refractivity contribution in [2.24, 2.45) is 0 Å². The Labute approximate surface area is 55.2 Å². The predicted octanol–water partition coefficient (Wildman–Crippen LogP) is 0.909. The van der Waals surface area contributed by atoms with Gasteiger partial charge in [0.25, 0.3) is 6.26 Å². The van der Waals surface area contributed by atoms with E-state index in [1.165, 1.54) is 0 Å². The van der Waals surface area contributed by atoms with E-state index in [1.807, 2.05) is 13.8 Å². The van der Waals surface area contributed by atoms with Crippen molar-refractivity contribution in [2.45, 2.75) is 20.0 Å². The first-order valence-corrected chi connectivity index (χ1v) is 2.90. The van der Waals surface area contributed by atoms with Crippen molar-refractivity contribution < 1.29 is 9.47 Å². The lowest BCUT2D eigenvalue weighted by atomic mass is 10.5. The molecule has 0 aromatic carbocycles. The number of hydrogen-bond acceptors (Lipinski definition) is 3. The van der Waals surface area contributed by atoms with Crippen molar-refractivity contribution in [1.29, 1.82) is 5.26 Å². The van der Waals surface area contributed by atoms with Crippen LogP contribution in [0.4, 0.5) is 0 Å². The Morgan fingerprint density at radius 2 is 2.11 bits per heavy atom. The zero-order valence-electron chi connectivity index (χ0n) is 5.76. The van der Waals surface area contributed by atoms with E-state index in [0.29, 0.717) is 13.2 Å². The van der Waals surface area contributed by atoms with Crippen LogP contribution in [0.5, 0.6) is 0 Å². The minimum Gasteiger partial charge on any atom is -0.425 e. The zero-order valence-corrected chi connectivity index (χ0v) is 5.76. The Kier molecular flexibility index (Phi) is 4.94. The third kappa shape index (κ3) is 7.25. The first-order valence-electron chi connectivity index (χ1n) is 2.90. The summed E-state index contributed by atoms with van der Waals surface area (Å²) in [7, 11) is 0. The van der Waals surface area contributed by atoms with E-state index in [1.54, 1.807) is 6.26 Å². The van der Waals surface area contributed by atoms with Gasteiger partial charge >= 0.3 is 0 Å². The monoisotopic (exact) mass is 129 g/mol. The van der Waals surface area contributed by atoms with Crippen LogP contribution in [0.1, 0.15) is 13.8 Å². The van der Waals surface area contributed by atoms with Crippen molar-refractivity contribution in [2.75, 3.05) is 13.2 Å². The van der Waals surface area contributed by atoms with Gasteiger partial charge in [0.2, 0.25) is 0 Å². The summed E-state index contributed by atoms with van der Waals surface area (Å²) < 4.78 is 9.43. The summed E-state index contributed by atoms with van der Waals surface area (Å²) in [4.78, 5) is 0. The minimum atomic E-state index is 0.215. The molecule has 3 heteroatoms. The van der Waals surface area contributed by atoms with Crippen LogP contribution in [0.3, 0.4) is 0 Å². The molecule has 0 unspecified atom stereocenters. The van der Waals surface area contributed by atoms with Gasteiger partial charge in [-0.25, -0.2) is 0 Å². The van der Waals surface area contributed by atoms with Crippen molar-refractivity contribution in [3.8, 4) is 6.26 Å². The van der Waals surface area contributed by atoms with Gasteiger partial charge in [-0.3, -0.25) is 0 Å². The number of ether oxygens (including phenoxy) is 2. The van der Waals surface area contributed by atoms with Gasteiger partial charge in [-0.2, -0.15) is 5.26 Å². The summed E-state index contributed by atoms with van der Waals surface area (Å²) in [5.74, 6) is 0. The highest BCUT2D eigenvalue weighted by Crippen LogP contribution is 1.85. The standard InChI is InChI=1S/C6H11NO2/c1-6(2)9-4-3-8-5-7/h6H,3-4H2,1-2H3. The molecule has 0 heterocycles. The fourth-order valence-electron chi connectivity index (χ4n) is 0.371. The van der Waals surface area contributed by atoms with Crippen LogP contribution in [0.15, 0.2) is 0 Å². The van der Waals surface area contributed by atoms with Gasteiger partial charge < -0.3 is 9.47 Å². The molecule has 0 atom stereocenters. The summed E-state index contributed by atoms with van der Waals surface area (Å²) in [6.07, 6.45) is 1.78. The molecule has 0 bridgehead atoms. The van der Waals surface area contributed by atoms with E-state index in [0.717, 1.165) is 0 Å². The molecule has 0 radical (unpaired) electrons. The van der Waals surface area contributed by atoms with Crippen LogP contribution in [-0.4, -0.2) is 19.3 Å². The number of nitrogens with zero attached hydrogens (tertiary/aromatic N) is 1. The van der Waals surface area contributed by atoms with E-state index < -0.39 is 0 Å². The van der Waals surface area contributed by atoms with Crippen LogP contribution in [0, 0.1) is 11.5 Å². The molecule has 0 aromatic rings. The highest BCUT2D eigenvalue weighted by Gasteiger charge is 1.90. The van der Waals surface area contributed by atoms with Gasteiger partial charge in [0.1, 0.15) is 6.61 Å². The molecule has 0 saturated heterocycles. The largest absolute Gasteiger partial charge is 0.425 e.